The van der Waals surface area contributed by atoms with Gasteiger partial charge in [-0.25, -0.2) is 0 Å². The van der Waals surface area contributed by atoms with E-state index in [0.717, 1.165) is 12.0 Å². The van der Waals surface area contributed by atoms with Crippen LogP contribution in [0.4, 0.5) is 0 Å². The number of hydrogen-bond acceptors (Lipinski definition) is 5. The Labute approximate surface area is 114 Å². The molecule has 0 saturated heterocycles. The number of hydrogen-bond donors (Lipinski definition) is 2. The van der Waals surface area contributed by atoms with Gasteiger partial charge < -0.3 is 25.7 Å². The van der Waals surface area contributed by atoms with Crippen molar-refractivity contribution in [2.24, 2.45) is 17.4 Å². The fourth-order valence-corrected chi connectivity index (χ4v) is 2.09. The van der Waals surface area contributed by atoms with Gasteiger partial charge in [-0.2, -0.15) is 0 Å². The van der Waals surface area contributed by atoms with Gasteiger partial charge in [-0.3, -0.25) is 0 Å². The zero-order valence-electron chi connectivity index (χ0n) is 12.1. The normalized spacial score (nSPS) is 13.8. The summed E-state index contributed by atoms with van der Waals surface area (Å²) >= 11 is 0. The molecule has 2 unspecified atom stereocenters. The van der Waals surface area contributed by atoms with Gasteiger partial charge in [0.25, 0.3) is 0 Å². The predicted molar refractivity (Wildman–Crippen MR) is 75.9 cm³/mol. The highest BCUT2D eigenvalue weighted by Gasteiger charge is 2.23. The molecule has 5 heteroatoms. The Morgan fingerprint density at radius 3 is 1.95 bits per heavy atom. The maximum Gasteiger partial charge on any atom is 0.131 e. The van der Waals surface area contributed by atoms with E-state index in [1.165, 1.54) is 0 Å². The van der Waals surface area contributed by atoms with Crippen LogP contribution in [-0.4, -0.2) is 27.9 Å². The molecule has 5 nitrogen and oxygen atoms in total. The highest BCUT2D eigenvalue weighted by atomic mass is 16.5. The number of benzene rings is 1. The van der Waals surface area contributed by atoms with Gasteiger partial charge in [0.2, 0.25) is 0 Å². The molecule has 0 aliphatic carbocycles. The Bertz CT molecular complexity index is 385. The molecule has 0 heterocycles. The molecule has 0 fully saturated rings. The third kappa shape index (κ3) is 3.52. The lowest BCUT2D eigenvalue weighted by molar-refractivity contribution is 0.348. The minimum absolute atomic E-state index is 0.195. The standard InChI is InChI=1S/C14H24N2O3/c1-9(5-6-15)14(16)13-11(18-3)7-10(17-2)8-12(13)19-4/h7-9,14H,5-6,15-16H2,1-4H3. The molecule has 4 N–H and O–H groups in total. The Morgan fingerprint density at radius 1 is 1.05 bits per heavy atom. The number of nitrogens with two attached hydrogens (primary N) is 2. The van der Waals surface area contributed by atoms with E-state index < -0.39 is 0 Å². The minimum atomic E-state index is -0.195. The van der Waals surface area contributed by atoms with Gasteiger partial charge in [0, 0.05) is 18.2 Å². The molecule has 0 aliphatic heterocycles. The largest absolute Gasteiger partial charge is 0.496 e. The molecule has 0 bridgehead atoms. The van der Waals surface area contributed by atoms with Crippen molar-refractivity contribution >= 4 is 0 Å². The predicted octanol–water partition coefficient (Wildman–Crippen LogP) is 1.70. The van der Waals surface area contributed by atoms with Crippen molar-refractivity contribution in [1.29, 1.82) is 0 Å². The summed E-state index contributed by atoms with van der Waals surface area (Å²) in [5.74, 6) is 2.26. The van der Waals surface area contributed by atoms with E-state index in [9.17, 15) is 0 Å². The Morgan fingerprint density at radius 2 is 1.58 bits per heavy atom. The Hall–Kier alpha value is -1.46. The van der Waals surface area contributed by atoms with Gasteiger partial charge in [-0.1, -0.05) is 6.92 Å². The average molecular weight is 268 g/mol. The quantitative estimate of drug-likeness (QED) is 0.786. The van der Waals surface area contributed by atoms with Gasteiger partial charge in [0.1, 0.15) is 17.2 Å². The van der Waals surface area contributed by atoms with Crippen molar-refractivity contribution in [3.05, 3.63) is 17.7 Å². The van der Waals surface area contributed by atoms with Crippen molar-refractivity contribution in [3.63, 3.8) is 0 Å². The summed E-state index contributed by atoms with van der Waals surface area (Å²) in [5.41, 5.74) is 12.8. The molecule has 19 heavy (non-hydrogen) atoms. The highest BCUT2D eigenvalue weighted by Crippen LogP contribution is 2.40. The van der Waals surface area contributed by atoms with Crippen LogP contribution in [0.1, 0.15) is 24.9 Å². The smallest absolute Gasteiger partial charge is 0.131 e. The summed E-state index contributed by atoms with van der Waals surface area (Å²) in [5, 5.41) is 0. The van der Waals surface area contributed by atoms with Crippen molar-refractivity contribution in [3.8, 4) is 17.2 Å². The lowest BCUT2D eigenvalue weighted by atomic mass is 9.91. The first-order valence-corrected chi connectivity index (χ1v) is 6.34. The summed E-state index contributed by atoms with van der Waals surface area (Å²) in [6, 6.07) is 3.43. The molecule has 0 aromatic heterocycles. The molecule has 1 aromatic carbocycles. The van der Waals surface area contributed by atoms with E-state index in [1.54, 1.807) is 21.3 Å². The second-order valence-electron chi connectivity index (χ2n) is 4.53. The summed E-state index contributed by atoms with van der Waals surface area (Å²) in [6.07, 6.45) is 0.847. The molecular formula is C14H24N2O3. The van der Waals surface area contributed by atoms with Crippen molar-refractivity contribution in [2.75, 3.05) is 27.9 Å². The van der Waals surface area contributed by atoms with E-state index in [2.05, 4.69) is 6.92 Å². The van der Waals surface area contributed by atoms with Crippen LogP contribution in [0.25, 0.3) is 0 Å². The van der Waals surface area contributed by atoms with Gasteiger partial charge >= 0.3 is 0 Å². The average Bonchev–Trinajstić information content (AvgIpc) is 2.44. The minimum Gasteiger partial charge on any atom is -0.496 e. The molecule has 0 aliphatic rings. The lowest BCUT2D eigenvalue weighted by Gasteiger charge is -2.24. The lowest BCUT2D eigenvalue weighted by Crippen LogP contribution is -2.23. The maximum atomic E-state index is 6.31. The van der Waals surface area contributed by atoms with Crippen LogP contribution in [-0.2, 0) is 0 Å². The van der Waals surface area contributed by atoms with Gasteiger partial charge in [-0.05, 0) is 18.9 Å². The SMILES string of the molecule is COc1cc(OC)c(C(N)C(C)CCN)c(OC)c1. The van der Waals surface area contributed by atoms with E-state index in [-0.39, 0.29) is 12.0 Å². The van der Waals surface area contributed by atoms with Crippen LogP contribution in [0.15, 0.2) is 12.1 Å². The number of rotatable bonds is 7. The fraction of sp³-hybridized carbons (Fsp3) is 0.571. The monoisotopic (exact) mass is 268 g/mol. The van der Waals surface area contributed by atoms with Gasteiger partial charge in [0.15, 0.2) is 0 Å². The highest BCUT2D eigenvalue weighted by molar-refractivity contribution is 5.52. The summed E-state index contributed by atoms with van der Waals surface area (Å²) < 4.78 is 16.0. The van der Waals surface area contributed by atoms with Crippen molar-refractivity contribution < 1.29 is 14.2 Å². The fourth-order valence-electron chi connectivity index (χ4n) is 2.09. The van der Waals surface area contributed by atoms with E-state index >= 15 is 0 Å². The first-order chi connectivity index (χ1) is 9.08. The van der Waals surface area contributed by atoms with Crippen LogP contribution in [0, 0.1) is 5.92 Å². The molecular weight excluding hydrogens is 244 g/mol. The molecule has 0 spiro atoms. The van der Waals surface area contributed by atoms with Crippen molar-refractivity contribution in [2.45, 2.75) is 19.4 Å². The molecule has 0 amide bonds. The van der Waals surface area contributed by atoms with E-state index in [4.69, 9.17) is 25.7 Å². The van der Waals surface area contributed by atoms with E-state index in [0.29, 0.717) is 23.8 Å². The van der Waals surface area contributed by atoms with Gasteiger partial charge in [0.05, 0.1) is 26.9 Å². The molecule has 108 valence electrons. The molecule has 1 aromatic rings. The third-order valence-electron chi connectivity index (χ3n) is 3.32. The zero-order valence-corrected chi connectivity index (χ0v) is 12.1. The molecule has 0 radical (unpaired) electrons. The Kier molecular flexibility index (Phi) is 5.92. The second-order valence-corrected chi connectivity index (χ2v) is 4.53. The molecule has 2 atom stereocenters. The first kappa shape index (κ1) is 15.6. The van der Waals surface area contributed by atoms with Crippen LogP contribution in [0.5, 0.6) is 17.2 Å². The number of methoxy groups -OCH3 is 3. The second kappa shape index (κ2) is 7.21. The summed E-state index contributed by atoms with van der Waals surface area (Å²) in [7, 11) is 4.82. The zero-order chi connectivity index (χ0) is 14.4. The van der Waals surface area contributed by atoms with Crippen LogP contribution >= 0.6 is 0 Å². The topological polar surface area (TPSA) is 79.7 Å². The maximum absolute atomic E-state index is 6.31. The van der Waals surface area contributed by atoms with Gasteiger partial charge in [-0.15, -0.1) is 0 Å². The molecule has 1 rings (SSSR count). The summed E-state index contributed by atoms with van der Waals surface area (Å²) in [6.45, 7) is 2.68. The van der Waals surface area contributed by atoms with E-state index in [1.807, 2.05) is 12.1 Å². The van der Waals surface area contributed by atoms with Crippen LogP contribution in [0.3, 0.4) is 0 Å². The molecule has 0 saturated carbocycles. The summed E-state index contributed by atoms with van der Waals surface area (Å²) in [4.78, 5) is 0. The van der Waals surface area contributed by atoms with Crippen LogP contribution < -0.4 is 25.7 Å². The Balaban J connectivity index is 3.23. The first-order valence-electron chi connectivity index (χ1n) is 6.34. The number of ether oxygens (including phenoxy) is 3. The van der Waals surface area contributed by atoms with Crippen molar-refractivity contribution in [1.82, 2.24) is 0 Å². The van der Waals surface area contributed by atoms with Crippen LogP contribution in [0.2, 0.25) is 0 Å². The third-order valence-corrected chi connectivity index (χ3v) is 3.32.